The second-order valence-corrected chi connectivity index (χ2v) is 3.90. The van der Waals surface area contributed by atoms with E-state index in [1.165, 1.54) is 20.4 Å². The fourth-order valence-corrected chi connectivity index (χ4v) is 1.84. The highest BCUT2D eigenvalue weighted by Crippen LogP contribution is 2.33. The Hall–Kier alpha value is -2.01. The minimum absolute atomic E-state index is 0.214. The van der Waals surface area contributed by atoms with Gasteiger partial charge in [-0.15, -0.1) is 0 Å². The second kappa shape index (κ2) is 4.70. The van der Waals surface area contributed by atoms with Gasteiger partial charge in [-0.2, -0.15) is 0 Å². The van der Waals surface area contributed by atoms with Crippen molar-refractivity contribution in [3.05, 3.63) is 23.9 Å². The second-order valence-electron chi connectivity index (χ2n) is 3.56. The zero-order valence-corrected chi connectivity index (χ0v) is 10.5. The molecule has 0 spiro atoms. The van der Waals surface area contributed by atoms with Crippen LogP contribution in [0.25, 0.3) is 10.9 Å². The topological polar surface area (TPSA) is 68.4 Å². The van der Waals surface area contributed by atoms with E-state index in [0.717, 1.165) is 0 Å². The van der Waals surface area contributed by atoms with Crippen LogP contribution in [0.5, 0.6) is 11.5 Å². The highest BCUT2D eigenvalue weighted by molar-refractivity contribution is 6.83. The number of aromatic nitrogens is 1. The van der Waals surface area contributed by atoms with Crippen molar-refractivity contribution in [3.8, 4) is 11.5 Å². The van der Waals surface area contributed by atoms with Crippen LogP contribution in [0.2, 0.25) is 0 Å². The highest BCUT2D eigenvalue weighted by Gasteiger charge is 2.19. The molecule has 0 atom stereocenters. The Morgan fingerprint density at radius 1 is 1.17 bits per heavy atom. The van der Waals surface area contributed by atoms with Crippen LogP contribution in [0.4, 0.5) is 0 Å². The molecule has 0 bridgehead atoms. The molecule has 1 aromatic heterocycles. The summed E-state index contributed by atoms with van der Waals surface area (Å²) in [5.41, 5.74) is 0.875. The maximum absolute atomic E-state index is 11.6. The zero-order chi connectivity index (χ0) is 13.3. The average molecular weight is 268 g/mol. The van der Waals surface area contributed by atoms with Crippen molar-refractivity contribution in [2.45, 2.75) is 0 Å². The summed E-state index contributed by atoms with van der Waals surface area (Å²) in [5.74, 6) is 0.249. The first-order valence-corrected chi connectivity index (χ1v) is 5.43. The Bertz CT molecular complexity index is 632. The number of nitrogens with one attached hydrogen (secondary N) is 1. The molecule has 1 aromatic carbocycles. The molecule has 0 amide bonds. The lowest BCUT2D eigenvalue weighted by molar-refractivity contribution is -0.108. The molecule has 0 fully saturated rings. The predicted molar refractivity (Wildman–Crippen MR) is 66.6 cm³/mol. The summed E-state index contributed by atoms with van der Waals surface area (Å²) >= 11 is 5.19. The average Bonchev–Trinajstić information content (AvgIpc) is 2.78. The number of hydrogen-bond donors (Lipinski definition) is 1. The van der Waals surface area contributed by atoms with E-state index in [4.69, 9.17) is 21.1 Å². The molecule has 1 heterocycles. The van der Waals surface area contributed by atoms with Crippen molar-refractivity contribution >= 4 is 33.5 Å². The Labute approximate surface area is 108 Å². The van der Waals surface area contributed by atoms with Gasteiger partial charge in [-0.1, -0.05) is 0 Å². The maximum atomic E-state index is 11.6. The number of H-pyrrole nitrogens is 1. The van der Waals surface area contributed by atoms with Crippen LogP contribution in [0, 0.1) is 0 Å². The Balaban J connectivity index is 2.66. The van der Waals surface area contributed by atoms with Crippen LogP contribution in [0.3, 0.4) is 0 Å². The van der Waals surface area contributed by atoms with Crippen LogP contribution < -0.4 is 9.47 Å². The van der Waals surface area contributed by atoms with E-state index >= 15 is 0 Å². The normalized spacial score (nSPS) is 10.4. The molecule has 18 heavy (non-hydrogen) atoms. The molecule has 2 aromatic rings. The van der Waals surface area contributed by atoms with Gasteiger partial charge in [0.15, 0.2) is 11.5 Å². The number of carbonyl (C=O) groups is 2. The first-order valence-electron chi connectivity index (χ1n) is 5.05. The number of halogens is 1. The van der Waals surface area contributed by atoms with Gasteiger partial charge in [-0.3, -0.25) is 9.59 Å². The van der Waals surface area contributed by atoms with E-state index in [1.54, 1.807) is 12.1 Å². The Morgan fingerprint density at radius 2 is 1.78 bits per heavy atom. The molecule has 0 radical (unpaired) electrons. The first-order chi connectivity index (χ1) is 8.58. The summed E-state index contributed by atoms with van der Waals surface area (Å²) in [6.07, 6.45) is 1.44. The van der Waals surface area contributed by atoms with Crippen molar-refractivity contribution in [2.75, 3.05) is 14.2 Å². The van der Waals surface area contributed by atoms with Crippen molar-refractivity contribution in [1.29, 1.82) is 0 Å². The highest BCUT2D eigenvalue weighted by atomic mass is 35.5. The lowest BCUT2D eigenvalue weighted by Gasteiger charge is -2.07. The number of methoxy groups -OCH3 is 2. The maximum Gasteiger partial charge on any atom is 0.293 e. The van der Waals surface area contributed by atoms with Gasteiger partial charge in [-0.05, 0) is 17.7 Å². The fraction of sp³-hybridized carbons (Fsp3) is 0.167. The van der Waals surface area contributed by atoms with Crippen molar-refractivity contribution < 1.29 is 19.1 Å². The lowest BCUT2D eigenvalue weighted by Crippen LogP contribution is -2.06. The molecule has 6 heteroatoms. The first kappa shape index (κ1) is 12.4. The van der Waals surface area contributed by atoms with Crippen molar-refractivity contribution in [3.63, 3.8) is 0 Å². The summed E-state index contributed by atoms with van der Waals surface area (Å²) in [7, 11) is 3.01. The van der Waals surface area contributed by atoms with Crippen LogP contribution in [0.15, 0.2) is 18.3 Å². The van der Waals surface area contributed by atoms with Gasteiger partial charge in [0.2, 0.25) is 5.78 Å². The van der Waals surface area contributed by atoms with Crippen LogP contribution in [-0.2, 0) is 4.79 Å². The number of aromatic amines is 1. The van der Waals surface area contributed by atoms with Crippen LogP contribution >= 0.6 is 11.6 Å². The SMILES string of the molecule is COc1cc2[nH]cc(C(=O)C(=O)Cl)c2cc1OC. The summed E-state index contributed by atoms with van der Waals surface area (Å²) < 4.78 is 10.3. The van der Waals surface area contributed by atoms with E-state index in [2.05, 4.69) is 4.98 Å². The molecule has 0 saturated heterocycles. The van der Waals surface area contributed by atoms with Gasteiger partial charge in [-0.25, -0.2) is 0 Å². The van der Waals surface area contributed by atoms with Gasteiger partial charge in [0.05, 0.1) is 25.3 Å². The minimum Gasteiger partial charge on any atom is -0.493 e. The van der Waals surface area contributed by atoms with E-state index in [-0.39, 0.29) is 5.56 Å². The molecule has 0 unspecified atom stereocenters. The largest absolute Gasteiger partial charge is 0.493 e. The lowest BCUT2D eigenvalue weighted by atomic mass is 10.1. The molecule has 1 N–H and O–H groups in total. The number of carbonyl (C=O) groups excluding carboxylic acids is 2. The quantitative estimate of drug-likeness (QED) is 0.523. The monoisotopic (exact) mass is 267 g/mol. The number of fused-ring (bicyclic) bond motifs is 1. The molecule has 0 aliphatic rings. The molecule has 94 valence electrons. The minimum atomic E-state index is -1.02. The molecular weight excluding hydrogens is 258 g/mol. The number of rotatable bonds is 4. The molecule has 5 nitrogen and oxygen atoms in total. The van der Waals surface area contributed by atoms with E-state index in [1.807, 2.05) is 0 Å². The molecule has 0 aliphatic carbocycles. The third kappa shape index (κ3) is 1.93. The van der Waals surface area contributed by atoms with Gasteiger partial charge in [0, 0.05) is 17.6 Å². The van der Waals surface area contributed by atoms with Crippen LogP contribution in [0.1, 0.15) is 10.4 Å². The smallest absolute Gasteiger partial charge is 0.293 e. The molecule has 0 aliphatic heterocycles. The van der Waals surface area contributed by atoms with Gasteiger partial charge >= 0.3 is 0 Å². The Kier molecular flexibility index (Phi) is 3.25. The predicted octanol–water partition coefficient (Wildman–Crippen LogP) is 2.13. The number of ether oxygens (including phenoxy) is 2. The number of benzene rings is 1. The van der Waals surface area contributed by atoms with Gasteiger partial charge < -0.3 is 14.5 Å². The summed E-state index contributed by atoms with van der Waals surface area (Å²) in [4.78, 5) is 25.4. The van der Waals surface area contributed by atoms with E-state index < -0.39 is 11.0 Å². The fourth-order valence-electron chi connectivity index (χ4n) is 1.74. The molecule has 0 saturated carbocycles. The van der Waals surface area contributed by atoms with Crippen molar-refractivity contribution in [2.24, 2.45) is 0 Å². The summed E-state index contributed by atoms with van der Waals surface area (Å²) in [6, 6.07) is 3.31. The third-order valence-corrected chi connectivity index (χ3v) is 2.78. The summed E-state index contributed by atoms with van der Waals surface area (Å²) in [5, 5.41) is -0.461. The number of Topliss-reactive ketones (excluding diaryl/α,β-unsaturated/α-hetero) is 1. The standard InChI is InChI=1S/C12H10ClNO4/c1-17-9-3-6-7(11(15)12(13)16)5-14-8(6)4-10(9)18-2/h3-5,14H,1-2H3. The zero-order valence-electron chi connectivity index (χ0n) is 9.74. The van der Waals surface area contributed by atoms with E-state index in [0.29, 0.717) is 22.4 Å². The van der Waals surface area contributed by atoms with Gasteiger partial charge in [0.25, 0.3) is 5.24 Å². The summed E-state index contributed by atoms with van der Waals surface area (Å²) in [6.45, 7) is 0. The Morgan fingerprint density at radius 3 is 2.33 bits per heavy atom. The third-order valence-electron chi connectivity index (χ3n) is 2.61. The van der Waals surface area contributed by atoms with Gasteiger partial charge in [0.1, 0.15) is 0 Å². The molecular formula is C12H10ClNO4. The number of hydrogen-bond acceptors (Lipinski definition) is 4. The van der Waals surface area contributed by atoms with E-state index in [9.17, 15) is 9.59 Å². The number of ketones is 1. The van der Waals surface area contributed by atoms with Crippen LogP contribution in [-0.4, -0.2) is 30.2 Å². The molecule has 2 rings (SSSR count). The van der Waals surface area contributed by atoms with Crippen molar-refractivity contribution in [1.82, 2.24) is 4.98 Å².